The molecule has 0 saturated carbocycles. The van der Waals surface area contributed by atoms with Gasteiger partial charge in [0.15, 0.2) is 5.69 Å². The van der Waals surface area contributed by atoms with E-state index in [-0.39, 0.29) is 67.9 Å². The van der Waals surface area contributed by atoms with E-state index in [4.69, 9.17) is 16.3 Å². The molecule has 0 aliphatic rings. The van der Waals surface area contributed by atoms with E-state index in [0.29, 0.717) is 0 Å². The first-order valence-corrected chi connectivity index (χ1v) is 5.76. The number of benzene rings is 1. The summed E-state index contributed by atoms with van der Waals surface area (Å²) in [6.45, 7) is 0. The van der Waals surface area contributed by atoms with Gasteiger partial charge in [-0.25, -0.2) is 14.8 Å². The van der Waals surface area contributed by atoms with Gasteiger partial charge in [0, 0.05) is 17.3 Å². The van der Waals surface area contributed by atoms with Crippen LogP contribution in [0.2, 0.25) is 5.02 Å². The predicted octanol–water partition coefficient (Wildman–Crippen LogP) is 2.60. The second-order valence-corrected chi connectivity index (χ2v) is 4.09. The Balaban J connectivity index is 0.00000242. The van der Waals surface area contributed by atoms with Crippen LogP contribution >= 0.6 is 11.6 Å². The fourth-order valence-electron chi connectivity index (χ4n) is 1.36. The zero-order chi connectivity index (χ0) is 15.5. The third-order valence-corrected chi connectivity index (χ3v) is 2.30. The molecule has 1 heterocycles. The Hall–Kier alpha value is -0.714. The first-order chi connectivity index (χ1) is 9.83. The van der Waals surface area contributed by atoms with E-state index in [9.17, 15) is 18.0 Å². The van der Waals surface area contributed by atoms with Crippen molar-refractivity contribution in [2.45, 2.75) is 6.36 Å². The van der Waals surface area contributed by atoms with Gasteiger partial charge in [0.1, 0.15) is 17.8 Å². The van der Waals surface area contributed by atoms with E-state index in [2.05, 4.69) is 14.7 Å². The summed E-state index contributed by atoms with van der Waals surface area (Å²) in [6, 6.07) is 4.29. The molecule has 0 radical (unpaired) electrons. The van der Waals surface area contributed by atoms with Gasteiger partial charge in [-0.3, -0.25) is 0 Å². The summed E-state index contributed by atoms with van der Waals surface area (Å²) in [4.78, 5) is 19.0. The van der Waals surface area contributed by atoms with E-state index in [0.717, 1.165) is 18.5 Å². The Morgan fingerprint density at radius 3 is 2.45 bits per heavy atom. The number of halogens is 4. The fourth-order valence-corrected chi connectivity index (χ4v) is 1.57. The minimum atomic E-state index is -4.88. The molecular weight excluding hydrogens is 352 g/mol. The van der Waals surface area contributed by atoms with Crippen molar-refractivity contribution < 1.29 is 27.4 Å². The van der Waals surface area contributed by atoms with E-state index in [1.165, 1.54) is 18.3 Å². The maximum atomic E-state index is 12.1. The zero-order valence-electron chi connectivity index (χ0n) is 10.1. The molecule has 0 aliphatic carbocycles. The molecule has 22 heavy (non-hydrogen) atoms. The van der Waals surface area contributed by atoms with Crippen LogP contribution in [0.1, 0.15) is 10.5 Å². The topological polar surface area (TPSA) is 61.3 Å². The predicted molar refractivity (Wildman–Crippen MR) is 72.3 cm³/mol. The molecule has 0 saturated heterocycles. The molecule has 0 atom stereocenters. The number of carbonyl (C=O) groups is 1. The number of nitrogens with zero attached hydrogens (tertiary/aromatic N) is 2. The normalized spacial score (nSPS) is 10.5. The molecule has 0 aliphatic heterocycles. The van der Waals surface area contributed by atoms with Crippen LogP contribution in [0.25, 0.3) is 0 Å². The molecule has 0 spiro atoms. The number of hydrogen-bond acceptors (Lipinski definition) is 5. The van der Waals surface area contributed by atoms with Gasteiger partial charge in [-0.2, -0.15) is 0 Å². The summed E-state index contributed by atoms with van der Waals surface area (Å²) in [7, 11) is 0. The Bertz CT molecular complexity index is 656. The van der Waals surface area contributed by atoms with Crippen molar-refractivity contribution in [3.8, 4) is 11.5 Å². The van der Waals surface area contributed by atoms with Crippen LogP contribution in [-0.2, 0) is 0 Å². The second kappa shape index (κ2) is 8.23. The zero-order valence-corrected chi connectivity index (χ0v) is 10.9. The maximum absolute atomic E-state index is 12.1. The van der Waals surface area contributed by atoms with Crippen molar-refractivity contribution in [3.63, 3.8) is 0 Å². The third-order valence-electron chi connectivity index (χ3n) is 2.08. The molecule has 5 nitrogen and oxygen atoms in total. The van der Waals surface area contributed by atoms with E-state index in [1.54, 1.807) is 0 Å². The van der Waals surface area contributed by atoms with Gasteiger partial charge in [-0.15, -0.1) is 13.2 Å². The molecule has 1 aromatic heterocycles. The first-order valence-electron chi connectivity index (χ1n) is 5.38. The number of rotatable bonds is 3. The van der Waals surface area contributed by atoms with Crippen molar-refractivity contribution in [2.75, 3.05) is 0 Å². The van der Waals surface area contributed by atoms with Crippen molar-refractivity contribution in [1.82, 2.24) is 9.97 Å². The van der Waals surface area contributed by atoms with Gasteiger partial charge in [0.25, 0.3) is 0 Å². The van der Waals surface area contributed by atoms with Crippen molar-refractivity contribution in [1.29, 1.82) is 0 Å². The number of carbonyl (C=O) groups excluding carboxylic acids is 1. The van der Waals surface area contributed by atoms with E-state index in [1.807, 2.05) is 0 Å². The van der Waals surface area contributed by atoms with Gasteiger partial charge in [0.2, 0.25) is 0 Å². The van der Waals surface area contributed by atoms with E-state index < -0.39 is 18.1 Å². The van der Waals surface area contributed by atoms with Crippen LogP contribution in [0.15, 0.2) is 36.8 Å². The van der Waals surface area contributed by atoms with E-state index >= 15 is 0 Å². The summed E-state index contributed by atoms with van der Waals surface area (Å²) in [5.41, 5.74) is -0.0525. The summed E-state index contributed by atoms with van der Waals surface area (Å²) in [6.07, 6.45) is -2.43. The van der Waals surface area contributed by atoms with Crippen LogP contribution in [-0.4, -0.2) is 73.7 Å². The third kappa shape index (κ3) is 6.19. The summed E-state index contributed by atoms with van der Waals surface area (Å²) < 4.78 is 45.0. The molecule has 10 heteroatoms. The number of hydrogen-bond donors (Lipinski definition) is 0. The van der Waals surface area contributed by atoms with Crippen molar-refractivity contribution in [2.24, 2.45) is 0 Å². The Labute approximate surface area is 170 Å². The molecule has 2 aromatic rings. The Kier molecular flexibility index (Phi) is 7.23. The van der Waals surface area contributed by atoms with Gasteiger partial charge >= 0.3 is 63.7 Å². The van der Waals surface area contributed by atoms with Crippen LogP contribution < -0.4 is 9.47 Å². The molecule has 0 unspecified atom stereocenters. The molecule has 112 valence electrons. The van der Waals surface area contributed by atoms with Crippen LogP contribution in [0, 0.1) is 0 Å². The first kappa shape index (κ1) is 19.3. The number of aromatic nitrogens is 2. The quantitative estimate of drug-likeness (QED) is 0.479. The second-order valence-electron chi connectivity index (χ2n) is 3.65. The molecule has 0 amide bonds. The summed E-state index contributed by atoms with van der Waals surface area (Å²) >= 11 is 5.64. The Morgan fingerprint density at radius 1 is 1.18 bits per heavy atom. The van der Waals surface area contributed by atoms with Gasteiger partial charge < -0.3 is 9.47 Å². The van der Waals surface area contributed by atoms with Crippen LogP contribution in [0.5, 0.6) is 11.5 Å². The van der Waals surface area contributed by atoms with Gasteiger partial charge in [-0.05, 0) is 18.2 Å². The molecular formula is C12H7ClF3KN2O3. The minimum absolute atomic E-state index is 0. The molecule has 0 bridgehead atoms. The van der Waals surface area contributed by atoms with Crippen LogP contribution in [0.3, 0.4) is 0 Å². The standard InChI is InChI=1S/C12H6ClF3N2O3.K.H/c13-7-3-8(5-9(4-7)21-12(14,15)16)20-11(19)10-1-2-17-6-18-10;;/h1-6H;;. The SMILES string of the molecule is O=C(Oc1cc(Cl)cc(OC(F)(F)F)c1)c1ccncn1.[KH]. The van der Waals surface area contributed by atoms with Gasteiger partial charge in [0.05, 0.1) is 0 Å². The number of ether oxygens (including phenoxy) is 2. The molecule has 2 rings (SSSR count). The molecule has 0 fully saturated rings. The van der Waals surface area contributed by atoms with Crippen LogP contribution in [0.4, 0.5) is 13.2 Å². The van der Waals surface area contributed by atoms with Crippen molar-refractivity contribution in [3.05, 3.63) is 47.5 Å². The summed E-state index contributed by atoms with van der Waals surface area (Å²) in [5.74, 6) is -1.66. The van der Waals surface area contributed by atoms with Crippen molar-refractivity contribution >= 4 is 69.0 Å². The fraction of sp³-hybridized carbons (Fsp3) is 0.0833. The summed E-state index contributed by atoms with van der Waals surface area (Å²) in [5, 5.41) is -0.0813. The molecule has 0 N–H and O–H groups in total. The number of alkyl halides is 3. The monoisotopic (exact) mass is 358 g/mol. The molecule has 1 aromatic carbocycles. The average Bonchev–Trinajstić information content (AvgIpc) is 2.36. The van der Waals surface area contributed by atoms with Gasteiger partial charge in [-0.1, -0.05) is 11.6 Å². The number of esters is 1. The average molecular weight is 359 g/mol. The Morgan fingerprint density at radius 2 is 1.86 bits per heavy atom.